The van der Waals surface area contributed by atoms with Crippen LogP contribution in [0.1, 0.15) is 10.4 Å². The normalized spacial score (nSPS) is 13.8. The van der Waals surface area contributed by atoms with Crippen LogP contribution in [0.15, 0.2) is 49.1 Å². The summed E-state index contributed by atoms with van der Waals surface area (Å²) in [6.45, 7) is 0.599. The molecule has 8 nitrogen and oxygen atoms in total. The predicted octanol–water partition coefficient (Wildman–Crippen LogP) is 3.74. The van der Waals surface area contributed by atoms with Crippen molar-refractivity contribution in [1.82, 2.24) is 19.5 Å². The summed E-state index contributed by atoms with van der Waals surface area (Å²) in [6, 6.07) is 9.07. The number of carbonyl (C=O) groups is 1. The molecule has 0 radical (unpaired) electrons. The van der Waals surface area contributed by atoms with Crippen LogP contribution in [0.4, 0.5) is 11.5 Å². The molecule has 0 saturated carbocycles. The van der Waals surface area contributed by atoms with E-state index in [1.165, 1.54) is 6.33 Å². The van der Waals surface area contributed by atoms with Crippen LogP contribution in [0.2, 0.25) is 10.0 Å². The number of hydrogen-bond donors (Lipinski definition) is 1. The van der Waals surface area contributed by atoms with Gasteiger partial charge in [0.2, 0.25) is 5.88 Å². The highest BCUT2D eigenvalue weighted by Crippen LogP contribution is 2.30. The summed E-state index contributed by atoms with van der Waals surface area (Å²) in [7, 11) is 0. The standard InChI is InChI=1S/C20H14Cl2N6O2/c21-12-6-13(22)8-14(7-12)27-2-1-11-5-15(9-24-18(11)27)28-3-4-30-19-16(20(28)29)17(23)25-10-26-19/h1-2,5-10H,3-4H2,(H2,23,25,26). The molecule has 30 heavy (non-hydrogen) atoms. The molecule has 0 unspecified atom stereocenters. The quantitative estimate of drug-likeness (QED) is 0.509. The number of nitrogens with zero attached hydrogens (tertiary/aromatic N) is 5. The number of anilines is 2. The van der Waals surface area contributed by atoms with Crippen molar-refractivity contribution in [2.45, 2.75) is 0 Å². The Morgan fingerprint density at radius 3 is 2.63 bits per heavy atom. The Labute approximate surface area is 180 Å². The second-order valence-electron chi connectivity index (χ2n) is 6.66. The first-order chi connectivity index (χ1) is 14.5. The summed E-state index contributed by atoms with van der Waals surface area (Å²) in [5, 5.41) is 1.91. The molecule has 4 aromatic rings. The summed E-state index contributed by atoms with van der Waals surface area (Å²) >= 11 is 12.3. The molecular weight excluding hydrogens is 427 g/mol. The maximum atomic E-state index is 13.1. The van der Waals surface area contributed by atoms with E-state index in [2.05, 4.69) is 15.0 Å². The minimum absolute atomic E-state index is 0.0786. The Morgan fingerprint density at radius 2 is 1.83 bits per heavy atom. The van der Waals surface area contributed by atoms with Gasteiger partial charge in [-0.05, 0) is 30.3 Å². The molecule has 4 heterocycles. The van der Waals surface area contributed by atoms with E-state index in [9.17, 15) is 4.79 Å². The lowest BCUT2D eigenvalue weighted by molar-refractivity contribution is 0.0990. The van der Waals surface area contributed by atoms with Crippen LogP contribution in [0.3, 0.4) is 0 Å². The topological polar surface area (TPSA) is 99.2 Å². The number of ether oxygens (including phenoxy) is 1. The van der Waals surface area contributed by atoms with Crippen LogP contribution in [0, 0.1) is 0 Å². The molecule has 1 aliphatic heterocycles. The third kappa shape index (κ3) is 3.10. The van der Waals surface area contributed by atoms with Crippen LogP contribution < -0.4 is 15.4 Å². The number of rotatable bonds is 2. The molecule has 3 aromatic heterocycles. The van der Waals surface area contributed by atoms with Gasteiger partial charge in [-0.3, -0.25) is 4.79 Å². The van der Waals surface area contributed by atoms with Gasteiger partial charge in [0.05, 0.1) is 18.4 Å². The summed E-state index contributed by atoms with van der Waals surface area (Å²) < 4.78 is 7.46. The number of carbonyl (C=O) groups excluding carboxylic acids is 1. The number of hydrogen-bond acceptors (Lipinski definition) is 6. The minimum atomic E-state index is -0.331. The number of fused-ring (bicyclic) bond motifs is 2. The van der Waals surface area contributed by atoms with E-state index >= 15 is 0 Å². The Hall–Kier alpha value is -3.36. The maximum absolute atomic E-state index is 13.1. The molecule has 2 N–H and O–H groups in total. The molecule has 1 amide bonds. The second-order valence-corrected chi connectivity index (χ2v) is 7.54. The smallest absolute Gasteiger partial charge is 0.267 e. The molecule has 0 saturated heterocycles. The van der Waals surface area contributed by atoms with E-state index in [0.29, 0.717) is 27.9 Å². The first-order valence-corrected chi connectivity index (χ1v) is 9.75. The fourth-order valence-electron chi connectivity index (χ4n) is 3.46. The van der Waals surface area contributed by atoms with E-state index in [1.807, 2.05) is 22.9 Å². The van der Waals surface area contributed by atoms with Gasteiger partial charge in [-0.1, -0.05) is 23.2 Å². The molecule has 1 aliphatic rings. The van der Waals surface area contributed by atoms with Crippen molar-refractivity contribution in [3.8, 4) is 11.6 Å². The Morgan fingerprint density at radius 1 is 1.03 bits per heavy atom. The predicted molar refractivity (Wildman–Crippen MR) is 115 cm³/mol. The summed E-state index contributed by atoms with van der Waals surface area (Å²) in [5.41, 5.74) is 8.18. The van der Waals surface area contributed by atoms with Crippen LogP contribution in [0.5, 0.6) is 5.88 Å². The van der Waals surface area contributed by atoms with E-state index < -0.39 is 0 Å². The molecular formula is C20H14Cl2N6O2. The first kappa shape index (κ1) is 18.7. The number of aromatic nitrogens is 4. The average molecular weight is 441 g/mol. The molecule has 0 aliphatic carbocycles. The van der Waals surface area contributed by atoms with Crippen LogP contribution in [-0.4, -0.2) is 38.6 Å². The maximum Gasteiger partial charge on any atom is 0.267 e. The Balaban J connectivity index is 1.56. The van der Waals surface area contributed by atoms with E-state index in [4.69, 9.17) is 33.7 Å². The highest BCUT2D eigenvalue weighted by molar-refractivity contribution is 6.34. The third-order valence-corrected chi connectivity index (χ3v) is 5.24. The van der Waals surface area contributed by atoms with Crippen LogP contribution >= 0.6 is 23.2 Å². The molecule has 5 rings (SSSR count). The van der Waals surface area contributed by atoms with Gasteiger partial charge in [-0.2, -0.15) is 0 Å². The summed E-state index contributed by atoms with van der Waals surface area (Å²) in [5.74, 6) is -0.0641. The number of amides is 1. The largest absolute Gasteiger partial charge is 0.475 e. The molecule has 150 valence electrons. The lowest BCUT2D eigenvalue weighted by Gasteiger charge is -2.20. The van der Waals surface area contributed by atoms with Crippen molar-refractivity contribution in [1.29, 1.82) is 0 Å². The third-order valence-electron chi connectivity index (χ3n) is 4.80. The van der Waals surface area contributed by atoms with Gasteiger partial charge < -0.3 is 19.9 Å². The van der Waals surface area contributed by atoms with Crippen molar-refractivity contribution < 1.29 is 9.53 Å². The van der Waals surface area contributed by atoms with Gasteiger partial charge in [0.1, 0.15) is 30.0 Å². The highest BCUT2D eigenvalue weighted by atomic mass is 35.5. The molecule has 0 bridgehead atoms. The lowest BCUT2D eigenvalue weighted by Crippen LogP contribution is -2.32. The van der Waals surface area contributed by atoms with Gasteiger partial charge in [0.25, 0.3) is 5.91 Å². The zero-order chi connectivity index (χ0) is 20.8. The van der Waals surface area contributed by atoms with Gasteiger partial charge in [-0.15, -0.1) is 0 Å². The minimum Gasteiger partial charge on any atom is -0.475 e. The van der Waals surface area contributed by atoms with Gasteiger partial charge in [0.15, 0.2) is 0 Å². The number of halogens is 2. The van der Waals surface area contributed by atoms with Crippen molar-refractivity contribution in [2.24, 2.45) is 0 Å². The highest BCUT2D eigenvalue weighted by Gasteiger charge is 2.29. The second kappa shape index (κ2) is 7.16. The number of pyridine rings is 1. The molecule has 1 aromatic carbocycles. The van der Waals surface area contributed by atoms with E-state index in [1.54, 1.807) is 29.3 Å². The van der Waals surface area contributed by atoms with Gasteiger partial charge in [-0.25, -0.2) is 15.0 Å². The number of benzene rings is 1. The molecule has 0 fully saturated rings. The van der Waals surface area contributed by atoms with E-state index in [-0.39, 0.29) is 29.8 Å². The van der Waals surface area contributed by atoms with Crippen LogP contribution in [0.25, 0.3) is 16.7 Å². The van der Waals surface area contributed by atoms with Crippen LogP contribution in [-0.2, 0) is 0 Å². The number of nitrogens with two attached hydrogens (primary N) is 1. The molecule has 0 spiro atoms. The summed E-state index contributed by atoms with van der Waals surface area (Å²) in [4.78, 5) is 27.2. The Bertz CT molecular complexity index is 1290. The zero-order valence-electron chi connectivity index (χ0n) is 15.4. The van der Waals surface area contributed by atoms with Gasteiger partial charge >= 0.3 is 0 Å². The van der Waals surface area contributed by atoms with Crippen molar-refractivity contribution >= 4 is 51.6 Å². The van der Waals surface area contributed by atoms with E-state index in [0.717, 1.165) is 11.1 Å². The SMILES string of the molecule is Nc1ncnc2c1C(=O)N(c1cnc3c(ccn3-c3cc(Cl)cc(Cl)c3)c1)CCO2. The fourth-order valence-corrected chi connectivity index (χ4v) is 3.97. The number of nitrogen functional groups attached to an aromatic ring is 1. The van der Waals surface area contributed by atoms with Crippen molar-refractivity contribution in [3.05, 3.63) is 64.7 Å². The zero-order valence-corrected chi connectivity index (χ0v) is 16.9. The molecule has 10 heteroatoms. The fraction of sp³-hybridized carbons (Fsp3) is 0.100. The molecule has 0 atom stereocenters. The Kier molecular flexibility index (Phi) is 4.45. The van der Waals surface area contributed by atoms with Crippen molar-refractivity contribution in [3.63, 3.8) is 0 Å². The van der Waals surface area contributed by atoms with Gasteiger partial charge in [0, 0.05) is 27.3 Å². The first-order valence-electron chi connectivity index (χ1n) is 9.00. The lowest BCUT2D eigenvalue weighted by atomic mass is 10.2. The average Bonchev–Trinajstić information content (AvgIpc) is 3.05. The summed E-state index contributed by atoms with van der Waals surface area (Å²) in [6.07, 6.45) is 4.78. The van der Waals surface area contributed by atoms with Crippen molar-refractivity contribution in [2.75, 3.05) is 23.8 Å². The monoisotopic (exact) mass is 440 g/mol.